The SMILES string of the molecule is Cl.Cl.FC(F)(F)c1ccc([C@H](C2CCCCC2)N2CCNCC2)cc1Cl. The molecule has 1 saturated heterocycles. The largest absolute Gasteiger partial charge is 0.417 e. The van der Waals surface area contributed by atoms with Gasteiger partial charge < -0.3 is 5.32 Å². The van der Waals surface area contributed by atoms with Gasteiger partial charge in [0.15, 0.2) is 0 Å². The summed E-state index contributed by atoms with van der Waals surface area (Å²) in [5.74, 6) is 0.504. The fraction of sp³-hybridized carbons (Fsp3) is 0.667. The van der Waals surface area contributed by atoms with E-state index in [2.05, 4.69) is 10.2 Å². The van der Waals surface area contributed by atoms with Crippen molar-refractivity contribution >= 4 is 36.4 Å². The minimum Gasteiger partial charge on any atom is -0.314 e. The molecule has 0 amide bonds. The molecule has 1 aromatic rings. The van der Waals surface area contributed by atoms with Crippen molar-refractivity contribution in [2.75, 3.05) is 26.2 Å². The molecule has 1 N–H and O–H groups in total. The molecule has 1 heterocycles. The first-order chi connectivity index (χ1) is 11.5. The maximum absolute atomic E-state index is 13.0. The number of hydrogen-bond donors (Lipinski definition) is 1. The van der Waals surface area contributed by atoms with Crippen molar-refractivity contribution in [3.8, 4) is 0 Å². The molecule has 3 rings (SSSR count). The third kappa shape index (κ3) is 5.65. The number of alkyl halides is 3. The fourth-order valence-electron chi connectivity index (χ4n) is 4.14. The zero-order chi connectivity index (χ0) is 17.2. The van der Waals surface area contributed by atoms with E-state index < -0.39 is 11.7 Å². The number of piperazine rings is 1. The first-order valence-corrected chi connectivity index (χ1v) is 9.16. The van der Waals surface area contributed by atoms with Gasteiger partial charge in [-0.25, -0.2) is 0 Å². The average Bonchev–Trinajstić information content (AvgIpc) is 2.56. The van der Waals surface area contributed by atoms with Crippen molar-refractivity contribution in [1.29, 1.82) is 0 Å². The van der Waals surface area contributed by atoms with Gasteiger partial charge in [0.1, 0.15) is 0 Å². The van der Waals surface area contributed by atoms with E-state index in [0.29, 0.717) is 5.92 Å². The Morgan fingerprint density at radius 2 is 1.65 bits per heavy atom. The number of hydrogen-bond acceptors (Lipinski definition) is 2. The van der Waals surface area contributed by atoms with Crippen LogP contribution < -0.4 is 5.32 Å². The summed E-state index contributed by atoms with van der Waals surface area (Å²) in [5, 5.41) is 3.16. The van der Waals surface area contributed by atoms with Crippen LogP contribution in [0, 0.1) is 5.92 Å². The van der Waals surface area contributed by atoms with Crippen LogP contribution in [-0.2, 0) is 6.18 Å². The average molecular weight is 434 g/mol. The molecule has 1 aliphatic carbocycles. The number of nitrogens with one attached hydrogen (secondary N) is 1. The summed E-state index contributed by atoms with van der Waals surface area (Å²) in [6.07, 6.45) is 1.58. The second-order valence-electron chi connectivity index (χ2n) is 6.87. The molecule has 8 heteroatoms. The Bertz CT molecular complexity index is 539. The van der Waals surface area contributed by atoms with E-state index in [9.17, 15) is 13.2 Å². The van der Waals surface area contributed by atoms with Crippen molar-refractivity contribution in [3.63, 3.8) is 0 Å². The van der Waals surface area contributed by atoms with Gasteiger partial charge in [0, 0.05) is 32.2 Å². The fourth-order valence-corrected chi connectivity index (χ4v) is 4.43. The molecule has 26 heavy (non-hydrogen) atoms. The summed E-state index contributed by atoms with van der Waals surface area (Å²) in [4.78, 5) is 2.42. The van der Waals surface area contributed by atoms with E-state index in [1.165, 1.54) is 19.3 Å². The molecule has 0 radical (unpaired) electrons. The second-order valence-corrected chi connectivity index (χ2v) is 7.27. The van der Waals surface area contributed by atoms with E-state index in [1.807, 2.05) is 0 Å². The quantitative estimate of drug-likeness (QED) is 0.655. The highest BCUT2D eigenvalue weighted by Gasteiger charge is 2.35. The number of rotatable bonds is 3. The lowest BCUT2D eigenvalue weighted by atomic mass is 9.80. The van der Waals surface area contributed by atoms with Crippen molar-refractivity contribution in [2.24, 2.45) is 5.92 Å². The van der Waals surface area contributed by atoms with Gasteiger partial charge in [0.25, 0.3) is 0 Å². The van der Waals surface area contributed by atoms with Crippen molar-refractivity contribution in [2.45, 2.75) is 44.3 Å². The topological polar surface area (TPSA) is 15.3 Å². The van der Waals surface area contributed by atoms with Crippen LogP contribution in [0.2, 0.25) is 5.02 Å². The van der Waals surface area contributed by atoms with Crippen LogP contribution in [0.5, 0.6) is 0 Å². The Hall–Kier alpha value is -0.200. The predicted molar refractivity (Wildman–Crippen MR) is 105 cm³/mol. The van der Waals surface area contributed by atoms with Crippen molar-refractivity contribution in [3.05, 3.63) is 34.3 Å². The number of benzene rings is 1. The normalized spacial score (nSPS) is 20.8. The molecule has 1 aliphatic heterocycles. The zero-order valence-electron chi connectivity index (χ0n) is 14.5. The Kier molecular flexibility index (Phi) is 9.51. The van der Waals surface area contributed by atoms with E-state index in [1.54, 1.807) is 12.1 Å². The maximum atomic E-state index is 13.0. The van der Waals surface area contributed by atoms with Crippen LogP contribution in [0.3, 0.4) is 0 Å². The summed E-state index contributed by atoms with van der Waals surface area (Å²) in [5.41, 5.74) is 0.192. The lowest BCUT2D eigenvalue weighted by Gasteiger charge is -2.41. The second kappa shape index (κ2) is 10.4. The van der Waals surface area contributed by atoms with Crippen molar-refractivity contribution in [1.82, 2.24) is 10.2 Å². The molecule has 2 aliphatic rings. The number of halogens is 6. The lowest BCUT2D eigenvalue weighted by Crippen LogP contribution is -2.47. The molecule has 0 aromatic heterocycles. The molecular formula is C18H26Cl3F3N2. The van der Waals surface area contributed by atoms with Gasteiger partial charge in [-0.2, -0.15) is 13.2 Å². The molecule has 150 valence electrons. The predicted octanol–water partition coefficient (Wildman–Crippen LogP) is 5.73. The van der Waals surface area contributed by atoms with E-state index in [4.69, 9.17) is 11.6 Å². The van der Waals surface area contributed by atoms with Crippen LogP contribution in [0.1, 0.15) is 49.3 Å². The highest BCUT2D eigenvalue weighted by Crippen LogP contribution is 2.41. The molecule has 1 saturated carbocycles. The first-order valence-electron chi connectivity index (χ1n) is 8.78. The van der Waals surface area contributed by atoms with Gasteiger partial charge in [-0.1, -0.05) is 36.9 Å². The standard InChI is InChI=1S/C18H24ClF3N2.2ClH/c19-16-12-14(6-7-15(16)18(20,21)22)17(13-4-2-1-3-5-13)24-10-8-23-9-11-24;;/h6-7,12-13,17,23H,1-5,8-11H2;2*1H/t17-;;/m0../s1. The van der Waals surface area contributed by atoms with Gasteiger partial charge >= 0.3 is 6.18 Å². The van der Waals surface area contributed by atoms with E-state index >= 15 is 0 Å². The van der Waals surface area contributed by atoms with E-state index in [0.717, 1.165) is 50.7 Å². The van der Waals surface area contributed by atoms with Crippen LogP contribution in [-0.4, -0.2) is 31.1 Å². The Morgan fingerprint density at radius 3 is 2.19 bits per heavy atom. The minimum absolute atomic E-state index is 0. The molecule has 1 aromatic carbocycles. The molecule has 2 fully saturated rings. The third-order valence-corrected chi connectivity index (χ3v) is 5.59. The Balaban J connectivity index is 0.00000169. The van der Waals surface area contributed by atoms with Gasteiger partial charge in [-0.05, 0) is 36.5 Å². The first kappa shape index (κ1) is 23.8. The monoisotopic (exact) mass is 432 g/mol. The van der Waals surface area contributed by atoms with Gasteiger partial charge in [0.05, 0.1) is 10.6 Å². The van der Waals surface area contributed by atoms with Gasteiger partial charge in [0.2, 0.25) is 0 Å². The van der Waals surface area contributed by atoms with E-state index in [-0.39, 0.29) is 35.9 Å². The van der Waals surface area contributed by atoms with Crippen molar-refractivity contribution < 1.29 is 13.2 Å². The van der Waals surface area contributed by atoms with Crippen LogP contribution in [0.15, 0.2) is 18.2 Å². The molecule has 0 spiro atoms. The smallest absolute Gasteiger partial charge is 0.314 e. The summed E-state index contributed by atoms with van der Waals surface area (Å²) < 4.78 is 39.0. The summed E-state index contributed by atoms with van der Waals surface area (Å²) in [6.45, 7) is 3.72. The molecule has 0 bridgehead atoms. The van der Waals surface area contributed by atoms with Gasteiger partial charge in [-0.3, -0.25) is 4.90 Å². The third-order valence-electron chi connectivity index (χ3n) is 5.28. The maximum Gasteiger partial charge on any atom is 0.417 e. The summed E-state index contributed by atoms with van der Waals surface area (Å²) in [6, 6.07) is 4.50. The highest BCUT2D eigenvalue weighted by molar-refractivity contribution is 6.31. The molecule has 0 unspecified atom stereocenters. The number of nitrogens with zero attached hydrogens (tertiary/aromatic N) is 1. The molecule has 1 atom stereocenters. The summed E-state index contributed by atoms with van der Waals surface area (Å²) >= 11 is 5.99. The van der Waals surface area contributed by atoms with Crippen LogP contribution >= 0.6 is 36.4 Å². The summed E-state index contributed by atoms with van der Waals surface area (Å²) in [7, 11) is 0. The van der Waals surface area contributed by atoms with Crippen LogP contribution in [0.25, 0.3) is 0 Å². The highest BCUT2D eigenvalue weighted by atomic mass is 35.5. The van der Waals surface area contributed by atoms with Gasteiger partial charge in [-0.15, -0.1) is 24.8 Å². The molecular weight excluding hydrogens is 408 g/mol. The van der Waals surface area contributed by atoms with Crippen LogP contribution in [0.4, 0.5) is 13.2 Å². The Labute approximate surface area is 170 Å². The zero-order valence-corrected chi connectivity index (χ0v) is 16.9. The molecule has 2 nitrogen and oxygen atoms in total. The Morgan fingerprint density at radius 1 is 1.04 bits per heavy atom. The lowest BCUT2D eigenvalue weighted by molar-refractivity contribution is -0.137. The minimum atomic E-state index is -4.40.